The van der Waals surface area contributed by atoms with Gasteiger partial charge in [-0.05, 0) is 44.4 Å². The smallest absolute Gasteiger partial charge is 0.261 e. The number of benzene rings is 1. The highest BCUT2D eigenvalue weighted by atomic mass is 79.9. The summed E-state index contributed by atoms with van der Waals surface area (Å²) in [6, 6.07) is 8.22. The van der Waals surface area contributed by atoms with Crippen molar-refractivity contribution in [3.8, 4) is 11.5 Å². The number of aliphatic hydroxyl groups is 1. The number of hydrogen-bond acceptors (Lipinski definition) is 5. The molecule has 0 bridgehead atoms. The van der Waals surface area contributed by atoms with Crippen LogP contribution in [0.5, 0.6) is 0 Å². The summed E-state index contributed by atoms with van der Waals surface area (Å²) < 4.78 is 8.26. The quantitative estimate of drug-likeness (QED) is 0.623. The summed E-state index contributed by atoms with van der Waals surface area (Å²) in [4.78, 5) is 4.68. The van der Waals surface area contributed by atoms with Crippen molar-refractivity contribution < 1.29 is 9.63 Å². The SMILES string of the molecule is CC(C)C(C)(c1ccc(Br)cc1)c1noc(-c2cnn(CC(C)(C)O)c2)n1. The van der Waals surface area contributed by atoms with Gasteiger partial charge in [0, 0.05) is 10.7 Å². The zero-order valence-electron chi connectivity index (χ0n) is 16.3. The molecule has 0 fully saturated rings. The van der Waals surface area contributed by atoms with Crippen LogP contribution in [0.3, 0.4) is 0 Å². The predicted molar refractivity (Wildman–Crippen MR) is 107 cm³/mol. The number of aromatic nitrogens is 4. The third kappa shape index (κ3) is 4.14. The van der Waals surface area contributed by atoms with Crippen LogP contribution in [-0.2, 0) is 12.0 Å². The standard InChI is InChI=1S/C20H25BrN4O2/c1-13(2)20(5,15-6-8-16(21)9-7-15)18-23-17(27-24-18)14-10-22-25(11-14)12-19(3,4)26/h6-11,13,26H,12H2,1-5H3. The van der Waals surface area contributed by atoms with E-state index in [4.69, 9.17) is 4.52 Å². The van der Waals surface area contributed by atoms with Crippen LogP contribution in [0.15, 0.2) is 45.7 Å². The second-order valence-corrected chi connectivity index (χ2v) is 8.94. The average molecular weight is 433 g/mol. The van der Waals surface area contributed by atoms with E-state index in [1.807, 2.05) is 18.3 Å². The van der Waals surface area contributed by atoms with Gasteiger partial charge in [0.1, 0.15) is 0 Å². The molecule has 6 nitrogen and oxygen atoms in total. The summed E-state index contributed by atoms with van der Waals surface area (Å²) in [5.74, 6) is 1.34. The first-order valence-electron chi connectivity index (χ1n) is 8.95. The molecule has 0 aliphatic heterocycles. The third-order valence-electron chi connectivity index (χ3n) is 4.92. The lowest BCUT2D eigenvalue weighted by Crippen LogP contribution is -2.31. The van der Waals surface area contributed by atoms with Crippen LogP contribution in [0.1, 0.15) is 46.0 Å². The monoisotopic (exact) mass is 432 g/mol. The molecule has 1 aromatic carbocycles. The topological polar surface area (TPSA) is 77.0 Å². The molecule has 0 saturated heterocycles. The fourth-order valence-corrected chi connectivity index (χ4v) is 3.29. The van der Waals surface area contributed by atoms with E-state index in [0.29, 0.717) is 18.3 Å². The van der Waals surface area contributed by atoms with Gasteiger partial charge in [0.2, 0.25) is 0 Å². The van der Waals surface area contributed by atoms with E-state index in [9.17, 15) is 5.11 Å². The van der Waals surface area contributed by atoms with Crippen molar-refractivity contribution in [3.05, 3.63) is 52.5 Å². The van der Waals surface area contributed by atoms with Gasteiger partial charge in [-0.1, -0.05) is 47.1 Å². The molecule has 3 aromatic rings. The maximum atomic E-state index is 9.95. The Morgan fingerprint density at radius 2 is 1.85 bits per heavy atom. The van der Waals surface area contributed by atoms with Gasteiger partial charge in [0.05, 0.1) is 29.3 Å². The van der Waals surface area contributed by atoms with Crippen molar-refractivity contribution in [2.24, 2.45) is 5.92 Å². The van der Waals surface area contributed by atoms with E-state index in [1.54, 1.807) is 24.7 Å². The van der Waals surface area contributed by atoms with Gasteiger partial charge in [0.15, 0.2) is 5.82 Å². The van der Waals surface area contributed by atoms with Crippen molar-refractivity contribution in [1.82, 2.24) is 19.9 Å². The van der Waals surface area contributed by atoms with Crippen LogP contribution >= 0.6 is 15.9 Å². The largest absolute Gasteiger partial charge is 0.389 e. The normalized spacial score (nSPS) is 14.5. The number of nitrogens with zero attached hydrogens (tertiary/aromatic N) is 4. The van der Waals surface area contributed by atoms with Crippen LogP contribution < -0.4 is 0 Å². The Balaban J connectivity index is 1.94. The predicted octanol–water partition coefficient (Wildman–Crippen LogP) is 4.43. The molecule has 27 heavy (non-hydrogen) atoms. The molecule has 144 valence electrons. The molecule has 0 aliphatic rings. The molecule has 2 heterocycles. The molecular formula is C20H25BrN4O2. The fourth-order valence-electron chi connectivity index (χ4n) is 3.03. The van der Waals surface area contributed by atoms with Gasteiger partial charge in [-0.2, -0.15) is 10.1 Å². The third-order valence-corrected chi connectivity index (χ3v) is 5.45. The highest BCUT2D eigenvalue weighted by Gasteiger charge is 2.37. The Morgan fingerprint density at radius 3 is 2.44 bits per heavy atom. The van der Waals surface area contributed by atoms with E-state index in [2.05, 4.69) is 64.1 Å². The Labute approximate surface area is 167 Å². The number of rotatable bonds is 6. The highest BCUT2D eigenvalue weighted by Crippen LogP contribution is 2.38. The minimum Gasteiger partial charge on any atom is -0.389 e. The first kappa shape index (κ1) is 19.8. The molecule has 7 heteroatoms. The number of hydrogen-bond donors (Lipinski definition) is 1. The zero-order chi connectivity index (χ0) is 19.8. The van der Waals surface area contributed by atoms with Gasteiger partial charge >= 0.3 is 0 Å². The minimum atomic E-state index is -0.846. The maximum Gasteiger partial charge on any atom is 0.261 e. The lowest BCUT2D eigenvalue weighted by molar-refractivity contribution is 0.0577. The molecular weight excluding hydrogens is 408 g/mol. The highest BCUT2D eigenvalue weighted by molar-refractivity contribution is 9.10. The fraction of sp³-hybridized carbons (Fsp3) is 0.450. The van der Waals surface area contributed by atoms with Gasteiger partial charge in [-0.3, -0.25) is 4.68 Å². The molecule has 3 rings (SSSR count). The Morgan fingerprint density at radius 1 is 1.19 bits per heavy atom. The van der Waals surface area contributed by atoms with E-state index in [1.165, 1.54) is 0 Å². The maximum absolute atomic E-state index is 9.95. The van der Waals surface area contributed by atoms with Crippen LogP contribution in [-0.4, -0.2) is 30.6 Å². The van der Waals surface area contributed by atoms with Crippen molar-refractivity contribution in [2.45, 2.75) is 52.2 Å². The summed E-state index contributed by atoms with van der Waals surface area (Å²) in [6.45, 7) is 10.3. The van der Waals surface area contributed by atoms with Gasteiger partial charge in [0.25, 0.3) is 5.89 Å². The van der Waals surface area contributed by atoms with Crippen molar-refractivity contribution in [2.75, 3.05) is 0 Å². The lowest BCUT2D eigenvalue weighted by atomic mass is 9.73. The van der Waals surface area contributed by atoms with Crippen LogP contribution in [0.2, 0.25) is 0 Å². The summed E-state index contributed by atoms with van der Waals surface area (Å²) >= 11 is 3.49. The molecule has 0 saturated carbocycles. The minimum absolute atomic E-state index is 0.266. The summed E-state index contributed by atoms with van der Waals surface area (Å²) in [7, 11) is 0. The Hall–Kier alpha value is -1.99. The van der Waals surface area contributed by atoms with Crippen LogP contribution in [0.4, 0.5) is 0 Å². The zero-order valence-corrected chi connectivity index (χ0v) is 17.9. The van der Waals surface area contributed by atoms with E-state index in [-0.39, 0.29) is 11.3 Å². The summed E-state index contributed by atoms with van der Waals surface area (Å²) in [5.41, 5.74) is 0.637. The Bertz CT molecular complexity index is 909. The molecule has 2 aromatic heterocycles. The first-order valence-corrected chi connectivity index (χ1v) is 9.74. The summed E-state index contributed by atoms with van der Waals surface area (Å²) in [5, 5.41) is 18.5. The van der Waals surface area contributed by atoms with Crippen molar-refractivity contribution >= 4 is 15.9 Å². The average Bonchev–Trinajstić information content (AvgIpc) is 3.22. The lowest BCUT2D eigenvalue weighted by Gasteiger charge is -2.31. The Kier molecular flexibility index (Phi) is 5.27. The molecule has 0 spiro atoms. The van der Waals surface area contributed by atoms with Crippen molar-refractivity contribution in [3.63, 3.8) is 0 Å². The van der Waals surface area contributed by atoms with Crippen LogP contribution in [0.25, 0.3) is 11.5 Å². The molecule has 0 amide bonds. The van der Waals surface area contributed by atoms with E-state index in [0.717, 1.165) is 15.6 Å². The molecule has 0 radical (unpaired) electrons. The first-order chi connectivity index (χ1) is 12.6. The number of halogens is 1. The summed E-state index contributed by atoms with van der Waals surface area (Å²) in [6.07, 6.45) is 3.48. The molecule has 1 unspecified atom stereocenters. The van der Waals surface area contributed by atoms with E-state index < -0.39 is 5.60 Å². The molecule has 1 atom stereocenters. The second kappa shape index (κ2) is 7.20. The van der Waals surface area contributed by atoms with Crippen molar-refractivity contribution in [1.29, 1.82) is 0 Å². The van der Waals surface area contributed by atoms with E-state index >= 15 is 0 Å². The van der Waals surface area contributed by atoms with Gasteiger partial charge in [-0.25, -0.2) is 0 Å². The van der Waals surface area contributed by atoms with Gasteiger partial charge < -0.3 is 9.63 Å². The van der Waals surface area contributed by atoms with Gasteiger partial charge in [-0.15, -0.1) is 0 Å². The second-order valence-electron chi connectivity index (χ2n) is 8.03. The molecule has 1 N–H and O–H groups in total. The van der Waals surface area contributed by atoms with Crippen LogP contribution in [0, 0.1) is 5.92 Å². The molecule has 0 aliphatic carbocycles.